The first-order valence-corrected chi connectivity index (χ1v) is 6.19. The van der Waals surface area contributed by atoms with Crippen molar-refractivity contribution < 1.29 is 0 Å². The Morgan fingerprint density at radius 3 is 3.00 bits per heavy atom. The van der Waals surface area contributed by atoms with Crippen LogP contribution in [0.4, 0.5) is 0 Å². The minimum atomic E-state index is 0.280. The lowest BCUT2D eigenvalue weighted by atomic mass is 10.3. The Balaban J connectivity index is 1.92. The summed E-state index contributed by atoms with van der Waals surface area (Å²) in [5.41, 5.74) is 2.13. The molecular formula is C12H15N3S. The summed E-state index contributed by atoms with van der Waals surface area (Å²) in [5, 5.41) is 6.53. The second-order valence-corrected chi connectivity index (χ2v) is 4.67. The maximum atomic E-state index is 4.45. The molecule has 0 spiro atoms. The van der Waals surface area contributed by atoms with Gasteiger partial charge < -0.3 is 5.32 Å². The highest BCUT2D eigenvalue weighted by molar-refractivity contribution is 7.09. The molecule has 84 valence electrons. The summed E-state index contributed by atoms with van der Waals surface area (Å²) in [6.07, 6.45) is 1.84. The van der Waals surface area contributed by atoms with Crippen molar-refractivity contribution in [1.29, 1.82) is 0 Å². The van der Waals surface area contributed by atoms with Gasteiger partial charge in [-0.15, -0.1) is 11.3 Å². The van der Waals surface area contributed by atoms with Crippen LogP contribution in [-0.4, -0.2) is 9.97 Å². The Morgan fingerprint density at radius 2 is 2.31 bits per heavy atom. The number of nitrogens with zero attached hydrogens (tertiary/aromatic N) is 2. The average Bonchev–Trinajstić information content (AvgIpc) is 2.79. The van der Waals surface area contributed by atoms with Crippen LogP contribution in [0.3, 0.4) is 0 Å². The van der Waals surface area contributed by atoms with Crippen LogP contribution in [0.15, 0.2) is 29.8 Å². The van der Waals surface area contributed by atoms with Gasteiger partial charge in [-0.3, -0.25) is 4.98 Å². The van der Waals surface area contributed by atoms with E-state index >= 15 is 0 Å². The van der Waals surface area contributed by atoms with Gasteiger partial charge in [-0.2, -0.15) is 0 Å². The molecule has 0 fully saturated rings. The number of pyridine rings is 1. The number of aryl methyl sites for hydroxylation is 1. The molecule has 16 heavy (non-hydrogen) atoms. The number of hydrogen-bond acceptors (Lipinski definition) is 4. The molecule has 2 aromatic heterocycles. The molecule has 2 heterocycles. The average molecular weight is 233 g/mol. The Hall–Kier alpha value is -1.26. The van der Waals surface area contributed by atoms with Gasteiger partial charge in [0.25, 0.3) is 0 Å². The van der Waals surface area contributed by atoms with Gasteiger partial charge in [0.1, 0.15) is 5.01 Å². The van der Waals surface area contributed by atoms with Crippen LogP contribution in [0.1, 0.15) is 29.4 Å². The van der Waals surface area contributed by atoms with E-state index in [0.717, 1.165) is 22.9 Å². The largest absolute Gasteiger partial charge is 0.302 e. The summed E-state index contributed by atoms with van der Waals surface area (Å²) in [6.45, 7) is 4.91. The topological polar surface area (TPSA) is 37.8 Å². The summed E-state index contributed by atoms with van der Waals surface area (Å²) in [4.78, 5) is 8.73. The van der Waals surface area contributed by atoms with Crippen LogP contribution in [-0.2, 0) is 6.54 Å². The maximum absolute atomic E-state index is 4.45. The number of rotatable bonds is 4. The lowest BCUT2D eigenvalue weighted by molar-refractivity contribution is 0.564. The predicted octanol–water partition coefficient (Wildman–Crippen LogP) is 2.70. The molecule has 4 heteroatoms. The first-order valence-electron chi connectivity index (χ1n) is 5.31. The highest BCUT2D eigenvalue weighted by Crippen LogP contribution is 2.14. The SMILES string of the molecule is Cc1cccc(CNC(C)c2nccs2)n1. The molecule has 0 aromatic carbocycles. The molecule has 0 radical (unpaired) electrons. The third-order valence-electron chi connectivity index (χ3n) is 2.36. The lowest BCUT2D eigenvalue weighted by Gasteiger charge is -2.10. The van der Waals surface area contributed by atoms with Gasteiger partial charge in [-0.1, -0.05) is 6.07 Å². The predicted molar refractivity (Wildman–Crippen MR) is 66.3 cm³/mol. The van der Waals surface area contributed by atoms with E-state index in [1.165, 1.54) is 0 Å². The Labute approximate surface area is 99.6 Å². The minimum Gasteiger partial charge on any atom is -0.302 e. The lowest BCUT2D eigenvalue weighted by Crippen LogP contribution is -2.18. The molecule has 0 amide bonds. The van der Waals surface area contributed by atoms with Crippen molar-refractivity contribution in [1.82, 2.24) is 15.3 Å². The number of hydrogen-bond donors (Lipinski definition) is 1. The van der Waals surface area contributed by atoms with Gasteiger partial charge in [0.15, 0.2) is 0 Å². The van der Waals surface area contributed by atoms with Gasteiger partial charge in [-0.25, -0.2) is 4.98 Å². The van der Waals surface area contributed by atoms with E-state index < -0.39 is 0 Å². The molecule has 1 N–H and O–H groups in total. The van der Waals surface area contributed by atoms with E-state index in [1.54, 1.807) is 11.3 Å². The minimum absolute atomic E-state index is 0.280. The van der Waals surface area contributed by atoms with Crippen LogP contribution in [0.2, 0.25) is 0 Å². The molecule has 1 atom stereocenters. The van der Waals surface area contributed by atoms with E-state index in [0.29, 0.717) is 0 Å². The quantitative estimate of drug-likeness (QED) is 0.882. The zero-order valence-corrected chi connectivity index (χ0v) is 10.3. The zero-order chi connectivity index (χ0) is 11.4. The molecule has 0 aliphatic heterocycles. The van der Waals surface area contributed by atoms with E-state index in [-0.39, 0.29) is 6.04 Å². The molecule has 2 aromatic rings. The fourth-order valence-electron chi connectivity index (χ4n) is 1.49. The molecule has 2 rings (SSSR count). The smallest absolute Gasteiger partial charge is 0.109 e. The molecule has 0 aliphatic carbocycles. The van der Waals surface area contributed by atoms with Crippen LogP contribution < -0.4 is 5.32 Å². The number of aromatic nitrogens is 2. The summed E-state index contributed by atoms with van der Waals surface area (Å²) in [7, 11) is 0. The molecule has 1 unspecified atom stereocenters. The van der Waals surface area contributed by atoms with Crippen molar-refractivity contribution in [2.75, 3.05) is 0 Å². The monoisotopic (exact) mass is 233 g/mol. The van der Waals surface area contributed by atoms with Gasteiger partial charge in [-0.05, 0) is 26.0 Å². The maximum Gasteiger partial charge on any atom is 0.109 e. The Kier molecular flexibility index (Phi) is 3.64. The summed E-state index contributed by atoms with van der Waals surface area (Å²) in [5.74, 6) is 0. The van der Waals surface area contributed by atoms with Gasteiger partial charge >= 0.3 is 0 Å². The van der Waals surface area contributed by atoms with Gasteiger partial charge in [0.05, 0.1) is 11.7 Å². The van der Waals surface area contributed by atoms with Crippen LogP contribution in [0.25, 0.3) is 0 Å². The fraction of sp³-hybridized carbons (Fsp3) is 0.333. The van der Waals surface area contributed by atoms with Crippen molar-refractivity contribution >= 4 is 11.3 Å². The molecular weight excluding hydrogens is 218 g/mol. The molecule has 0 bridgehead atoms. The first-order chi connectivity index (χ1) is 7.75. The molecule has 0 saturated carbocycles. The Morgan fingerprint density at radius 1 is 1.44 bits per heavy atom. The second-order valence-electron chi connectivity index (χ2n) is 3.74. The second kappa shape index (κ2) is 5.18. The third-order valence-corrected chi connectivity index (χ3v) is 3.32. The molecule has 0 saturated heterocycles. The van der Waals surface area contributed by atoms with Crippen LogP contribution >= 0.6 is 11.3 Å². The third kappa shape index (κ3) is 2.87. The summed E-state index contributed by atoms with van der Waals surface area (Å²) >= 11 is 1.68. The van der Waals surface area contributed by atoms with Crippen molar-refractivity contribution in [2.24, 2.45) is 0 Å². The van der Waals surface area contributed by atoms with E-state index in [2.05, 4.69) is 22.2 Å². The zero-order valence-electron chi connectivity index (χ0n) is 9.47. The summed E-state index contributed by atoms with van der Waals surface area (Å²) in [6, 6.07) is 6.36. The van der Waals surface area contributed by atoms with Crippen molar-refractivity contribution in [3.63, 3.8) is 0 Å². The standard InChI is InChI=1S/C12H15N3S/c1-9-4-3-5-11(15-9)8-14-10(2)12-13-6-7-16-12/h3-7,10,14H,8H2,1-2H3. The van der Waals surface area contributed by atoms with Crippen LogP contribution in [0, 0.1) is 6.92 Å². The normalized spacial score (nSPS) is 12.6. The van der Waals surface area contributed by atoms with E-state index in [9.17, 15) is 0 Å². The number of thiazole rings is 1. The number of nitrogens with one attached hydrogen (secondary N) is 1. The van der Waals surface area contributed by atoms with Crippen molar-refractivity contribution in [2.45, 2.75) is 26.4 Å². The van der Waals surface area contributed by atoms with Gasteiger partial charge in [0.2, 0.25) is 0 Å². The molecule has 3 nitrogen and oxygen atoms in total. The highest BCUT2D eigenvalue weighted by Gasteiger charge is 2.07. The van der Waals surface area contributed by atoms with Crippen LogP contribution in [0.5, 0.6) is 0 Å². The van der Waals surface area contributed by atoms with E-state index in [4.69, 9.17) is 0 Å². The van der Waals surface area contributed by atoms with Gasteiger partial charge in [0, 0.05) is 23.8 Å². The van der Waals surface area contributed by atoms with E-state index in [1.807, 2.05) is 36.7 Å². The van der Waals surface area contributed by atoms with Crippen molar-refractivity contribution in [3.05, 3.63) is 46.2 Å². The fourth-order valence-corrected chi connectivity index (χ4v) is 2.16. The van der Waals surface area contributed by atoms with Crippen molar-refractivity contribution in [3.8, 4) is 0 Å². The first kappa shape index (κ1) is 11.2. The molecule has 0 aliphatic rings. The highest BCUT2D eigenvalue weighted by atomic mass is 32.1. The summed E-state index contributed by atoms with van der Waals surface area (Å²) < 4.78 is 0. The Bertz CT molecular complexity index is 439.